The number of nitrogens with one attached hydrogen (secondary N) is 2. The van der Waals surface area contributed by atoms with Crippen LogP contribution >= 0.6 is 11.3 Å². The Labute approximate surface area is 76.4 Å². The first-order valence-corrected chi connectivity index (χ1v) is 4.73. The van der Waals surface area contributed by atoms with Gasteiger partial charge in [-0.15, -0.1) is 11.3 Å². The van der Waals surface area contributed by atoms with E-state index in [4.69, 9.17) is 5.41 Å². The minimum atomic E-state index is 0.523. The molecule has 1 aromatic heterocycles. The Bertz CT molecular complexity index is 290. The summed E-state index contributed by atoms with van der Waals surface area (Å²) in [4.78, 5) is 4.33. The van der Waals surface area contributed by atoms with Crippen LogP contribution in [0, 0.1) is 5.41 Å². The van der Waals surface area contributed by atoms with Crippen molar-refractivity contribution in [3.8, 4) is 0 Å². The third-order valence-corrected chi connectivity index (χ3v) is 2.77. The van der Waals surface area contributed by atoms with Crippen molar-refractivity contribution in [1.29, 1.82) is 5.41 Å². The standard InChI is InChI=1S/C8H13N3S/c1-4-6-11-7(5(2)9)8(10-3)12-6/h9-10H,4H2,1-3H3. The molecule has 1 aromatic rings. The molecule has 1 rings (SSSR count). The molecule has 0 atom stereocenters. The number of nitrogens with zero attached hydrogens (tertiary/aromatic N) is 1. The predicted molar refractivity (Wildman–Crippen MR) is 53.5 cm³/mol. The van der Waals surface area contributed by atoms with E-state index in [9.17, 15) is 0 Å². The average molecular weight is 183 g/mol. The van der Waals surface area contributed by atoms with E-state index in [0.717, 1.165) is 22.1 Å². The summed E-state index contributed by atoms with van der Waals surface area (Å²) in [6, 6.07) is 0. The molecule has 2 N–H and O–H groups in total. The van der Waals surface area contributed by atoms with Gasteiger partial charge in [0.05, 0.1) is 10.7 Å². The smallest absolute Gasteiger partial charge is 0.118 e. The van der Waals surface area contributed by atoms with Crippen molar-refractivity contribution in [1.82, 2.24) is 4.98 Å². The molecule has 0 spiro atoms. The highest BCUT2D eigenvalue weighted by molar-refractivity contribution is 7.16. The molecule has 12 heavy (non-hydrogen) atoms. The number of aromatic nitrogens is 1. The Morgan fingerprint density at radius 1 is 1.67 bits per heavy atom. The van der Waals surface area contributed by atoms with Crippen molar-refractivity contribution >= 4 is 22.0 Å². The second-order valence-electron chi connectivity index (χ2n) is 2.51. The Morgan fingerprint density at radius 2 is 2.33 bits per heavy atom. The third-order valence-electron chi connectivity index (χ3n) is 1.56. The highest BCUT2D eigenvalue weighted by Crippen LogP contribution is 2.24. The van der Waals surface area contributed by atoms with E-state index in [1.165, 1.54) is 0 Å². The lowest BCUT2D eigenvalue weighted by atomic mass is 10.3. The summed E-state index contributed by atoms with van der Waals surface area (Å²) in [7, 11) is 1.86. The topological polar surface area (TPSA) is 48.8 Å². The van der Waals surface area contributed by atoms with Crippen molar-refractivity contribution in [2.75, 3.05) is 12.4 Å². The number of hydrogen-bond donors (Lipinski definition) is 2. The van der Waals surface area contributed by atoms with Crippen LogP contribution in [0.5, 0.6) is 0 Å². The Morgan fingerprint density at radius 3 is 2.67 bits per heavy atom. The number of anilines is 1. The molecule has 0 bridgehead atoms. The Hall–Kier alpha value is -0.900. The van der Waals surface area contributed by atoms with Gasteiger partial charge in [-0.3, -0.25) is 0 Å². The Balaban J connectivity index is 3.08. The van der Waals surface area contributed by atoms with Crippen LogP contribution in [0.15, 0.2) is 0 Å². The van der Waals surface area contributed by atoms with Gasteiger partial charge in [-0.2, -0.15) is 0 Å². The van der Waals surface area contributed by atoms with Crippen molar-refractivity contribution in [3.63, 3.8) is 0 Å². The quantitative estimate of drug-likeness (QED) is 0.705. The van der Waals surface area contributed by atoms with Crippen LogP contribution < -0.4 is 5.32 Å². The number of aryl methyl sites for hydroxylation is 1. The monoisotopic (exact) mass is 183 g/mol. The zero-order valence-corrected chi connectivity index (χ0v) is 8.38. The maximum Gasteiger partial charge on any atom is 0.118 e. The highest BCUT2D eigenvalue weighted by Gasteiger charge is 2.09. The SMILES string of the molecule is CCc1nc(C(C)=N)c(NC)s1. The van der Waals surface area contributed by atoms with Gasteiger partial charge < -0.3 is 10.7 Å². The summed E-state index contributed by atoms with van der Waals surface area (Å²) in [5, 5.41) is 12.6. The molecule has 3 nitrogen and oxygen atoms in total. The van der Waals surface area contributed by atoms with Gasteiger partial charge in [0, 0.05) is 7.05 Å². The second kappa shape index (κ2) is 3.67. The van der Waals surface area contributed by atoms with E-state index >= 15 is 0 Å². The van der Waals surface area contributed by atoms with Crippen LogP contribution in [0.1, 0.15) is 24.5 Å². The lowest BCUT2D eigenvalue weighted by Crippen LogP contribution is -1.97. The van der Waals surface area contributed by atoms with Crippen molar-refractivity contribution < 1.29 is 0 Å². The van der Waals surface area contributed by atoms with Crippen molar-refractivity contribution in [3.05, 3.63) is 10.7 Å². The van der Waals surface area contributed by atoms with Gasteiger partial charge in [-0.25, -0.2) is 4.98 Å². The fourth-order valence-corrected chi connectivity index (χ4v) is 1.85. The molecule has 4 heteroatoms. The van der Waals surface area contributed by atoms with Crippen molar-refractivity contribution in [2.45, 2.75) is 20.3 Å². The van der Waals surface area contributed by atoms with E-state index in [-0.39, 0.29) is 0 Å². The number of rotatable bonds is 3. The lowest BCUT2D eigenvalue weighted by Gasteiger charge is -1.96. The van der Waals surface area contributed by atoms with Crippen LogP contribution in [0.4, 0.5) is 5.00 Å². The predicted octanol–water partition coefficient (Wildman–Crippen LogP) is 2.13. The minimum Gasteiger partial charge on any atom is -0.378 e. The minimum absolute atomic E-state index is 0.523. The summed E-state index contributed by atoms with van der Waals surface area (Å²) >= 11 is 1.62. The largest absolute Gasteiger partial charge is 0.378 e. The van der Waals surface area contributed by atoms with Crippen LogP contribution in [0.3, 0.4) is 0 Å². The van der Waals surface area contributed by atoms with Crippen LogP contribution in [0.25, 0.3) is 0 Å². The normalized spacial score (nSPS) is 9.92. The average Bonchev–Trinajstić information content (AvgIpc) is 2.47. The molecule has 0 aliphatic carbocycles. The van der Waals surface area contributed by atoms with E-state index in [2.05, 4.69) is 17.2 Å². The van der Waals surface area contributed by atoms with Gasteiger partial charge in [0.15, 0.2) is 0 Å². The van der Waals surface area contributed by atoms with Gasteiger partial charge in [-0.1, -0.05) is 6.92 Å². The van der Waals surface area contributed by atoms with Crippen molar-refractivity contribution in [2.24, 2.45) is 0 Å². The molecule has 0 radical (unpaired) electrons. The molecule has 0 aliphatic heterocycles. The zero-order chi connectivity index (χ0) is 9.14. The molecule has 0 aromatic carbocycles. The molecular formula is C8H13N3S. The molecule has 0 amide bonds. The number of thiazole rings is 1. The first-order valence-electron chi connectivity index (χ1n) is 3.92. The number of hydrogen-bond acceptors (Lipinski definition) is 4. The van der Waals surface area contributed by atoms with Crippen LogP contribution in [-0.4, -0.2) is 17.7 Å². The van der Waals surface area contributed by atoms with Gasteiger partial charge in [0.2, 0.25) is 0 Å². The summed E-state index contributed by atoms with van der Waals surface area (Å²) in [5.41, 5.74) is 1.31. The van der Waals surface area contributed by atoms with Gasteiger partial charge in [0.1, 0.15) is 10.7 Å². The lowest BCUT2D eigenvalue weighted by molar-refractivity contribution is 1.08. The van der Waals surface area contributed by atoms with E-state index in [0.29, 0.717) is 5.71 Å². The third kappa shape index (κ3) is 1.64. The van der Waals surface area contributed by atoms with E-state index < -0.39 is 0 Å². The molecular weight excluding hydrogens is 170 g/mol. The van der Waals surface area contributed by atoms with Crippen LogP contribution in [0.2, 0.25) is 0 Å². The molecule has 0 saturated heterocycles. The fraction of sp³-hybridized carbons (Fsp3) is 0.500. The maximum atomic E-state index is 7.47. The molecule has 66 valence electrons. The Kier molecular flexibility index (Phi) is 2.81. The van der Waals surface area contributed by atoms with E-state index in [1.54, 1.807) is 18.3 Å². The van der Waals surface area contributed by atoms with E-state index in [1.807, 2.05) is 7.05 Å². The second-order valence-corrected chi connectivity index (χ2v) is 3.60. The van der Waals surface area contributed by atoms with Gasteiger partial charge in [-0.05, 0) is 13.3 Å². The first-order chi connectivity index (χ1) is 5.69. The first kappa shape index (κ1) is 9.19. The summed E-state index contributed by atoms with van der Waals surface area (Å²) < 4.78 is 0. The summed E-state index contributed by atoms with van der Waals surface area (Å²) in [6.07, 6.45) is 0.937. The summed E-state index contributed by atoms with van der Waals surface area (Å²) in [6.45, 7) is 3.83. The maximum absolute atomic E-state index is 7.47. The molecule has 0 fully saturated rings. The zero-order valence-electron chi connectivity index (χ0n) is 7.56. The highest BCUT2D eigenvalue weighted by atomic mass is 32.1. The van der Waals surface area contributed by atoms with Gasteiger partial charge in [0.25, 0.3) is 0 Å². The molecule has 0 aliphatic rings. The molecule has 1 heterocycles. The summed E-state index contributed by atoms with van der Waals surface area (Å²) in [5.74, 6) is 0. The van der Waals surface area contributed by atoms with Crippen LogP contribution in [-0.2, 0) is 6.42 Å². The fourth-order valence-electron chi connectivity index (χ4n) is 0.939. The molecule has 0 saturated carbocycles. The molecule has 0 unspecified atom stereocenters. The van der Waals surface area contributed by atoms with Gasteiger partial charge >= 0.3 is 0 Å².